The molecule has 0 N–H and O–H groups in total. The Bertz CT molecular complexity index is 126. The van der Waals surface area contributed by atoms with Crippen molar-refractivity contribution in [3.63, 3.8) is 0 Å². The molecule has 2 aliphatic rings. The fourth-order valence-electron chi connectivity index (χ4n) is 1.67. The van der Waals surface area contributed by atoms with Crippen molar-refractivity contribution < 1.29 is 0 Å². The maximum absolute atomic E-state index is 2.84. The summed E-state index contributed by atoms with van der Waals surface area (Å²) >= 11 is 0. The third-order valence-electron chi connectivity index (χ3n) is 2.55. The van der Waals surface area contributed by atoms with Gasteiger partial charge in [0.25, 0.3) is 0 Å². The van der Waals surface area contributed by atoms with Gasteiger partial charge in [0.2, 0.25) is 0 Å². The van der Waals surface area contributed by atoms with Gasteiger partial charge in [-0.25, -0.2) is 0 Å². The Balaban J connectivity index is 2.06. The van der Waals surface area contributed by atoms with E-state index < -0.39 is 0 Å². The highest BCUT2D eigenvalue weighted by atomic mass is 31.0. The zero-order chi connectivity index (χ0) is 5.78. The summed E-state index contributed by atoms with van der Waals surface area (Å²) in [5.41, 5.74) is 0.685. The second-order valence-corrected chi connectivity index (χ2v) is 3.71. The Hall–Kier alpha value is 0.390. The molecule has 2 fully saturated rings. The molecule has 0 bridgehead atoms. The lowest BCUT2D eigenvalue weighted by Gasteiger charge is -2.37. The predicted molar refractivity (Wildman–Crippen MR) is 38.0 cm³/mol. The van der Waals surface area contributed by atoms with Crippen LogP contribution in [-0.2, 0) is 0 Å². The van der Waals surface area contributed by atoms with Gasteiger partial charge >= 0.3 is 0 Å². The normalized spacial score (nSPS) is 59.2. The van der Waals surface area contributed by atoms with E-state index in [-0.39, 0.29) is 0 Å². The van der Waals surface area contributed by atoms with E-state index in [1.807, 2.05) is 0 Å². The Morgan fingerprint density at radius 2 is 2.62 bits per heavy atom. The lowest BCUT2D eigenvalue weighted by Crippen LogP contribution is -2.44. The Kier molecular flexibility index (Phi) is 0.828. The van der Waals surface area contributed by atoms with Crippen LogP contribution in [-0.4, -0.2) is 30.2 Å². The zero-order valence-electron chi connectivity index (χ0n) is 5.22. The summed E-state index contributed by atoms with van der Waals surface area (Å²) in [6.45, 7) is 5.11. The molecule has 0 radical (unpaired) electrons. The van der Waals surface area contributed by atoms with Crippen LogP contribution in [0.1, 0.15) is 6.92 Å². The molecule has 8 heavy (non-hydrogen) atoms. The largest absolute Gasteiger partial charge is 0.296 e. The SMILES string of the molecule is C[C@@]1(CP)CN2C[C@H]21. The monoisotopic (exact) mass is 129 g/mol. The molecule has 0 amide bonds. The van der Waals surface area contributed by atoms with E-state index in [2.05, 4.69) is 21.1 Å². The van der Waals surface area contributed by atoms with Gasteiger partial charge in [0.15, 0.2) is 0 Å². The van der Waals surface area contributed by atoms with Crippen molar-refractivity contribution in [1.29, 1.82) is 0 Å². The van der Waals surface area contributed by atoms with E-state index in [9.17, 15) is 0 Å². The van der Waals surface area contributed by atoms with Crippen molar-refractivity contribution >= 4 is 9.24 Å². The van der Waals surface area contributed by atoms with Gasteiger partial charge < -0.3 is 0 Å². The van der Waals surface area contributed by atoms with Crippen molar-refractivity contribution in [2.24, 2.45) is 5.41 Å². The summed E-state index contributed by atoms with van der Waals surface area (Å²) in [4.78, 5) is 2.52. The average molecular weight is 129 g/mol. The molecule has 2 rings (SSSR count). The van der Waals surface area contributed by atoms with Crippen LogP contribution in [0, 0.1) is 5.41 Å². The molecule has 0 aromatic heterocycles. The van der Waals surface area contributed by atoms with Gasteiger partial charge in [0, 0.05) is 24.5 Å². The zero-order valence-corrected chi connectivity index (χ0v) is 6.38. The quantitative estimate of drug-likeness (QED) is 0.369. The fraction of sp³-hybridized carbons (Fsp3) is 1.00. The molecule has 46 valence electrons. The molecule has 0 aromatic rings. The van der Waals surface area contributed by atoms with Gasteiger partial charge in [0.05, 0.1) is 0 Å². The molecule has 2 heteroatoms. The summed E-state index contributed by atoms with van der Waals surface area (Å²) in [5, 5.41) is 0. The number of fused-ring (bicyclic) bond motifs is 1. The van der Waals surface area contributed by atoms with E-state index in [0.717, 1.165) is 6.04 Å². The number of nitrogens with zero attached hydrogens (tertiary/aromatic N) is 1. The Morgan fingerprint density at radius 3 is 2.75 bits per heavy atom. The van der Waals surface area contributed by atoms with Gasteiger partial charge in [0.1, 0.15) is 0 Å². The van der Waals surface area contributed by atoms with Crippen molar-refractivity contribution in [1.82, 2.24) is 4.90 Å². The summed E-state index contributed by atoms with van der Waals surface area (Å²) < 4.78 is 0. The van der Waals surface area contributed by atoms with Crippen LogP contribution < -0.4 is 0 Å². The Labute approximate surface area is 52.6 Å². The van der Waals surface area contributed by atoms with Crippen LogP contribution in [0.15, 0.2) is 0 Å². The molecular weight excluding hydrogens is 117 g/mol. The summed E-state index contributed by atoms with van der Waals surface area (Å²) in [5.74, 6) is 0. The Morgan fingerprint density at radius 1 is 1.88 bits per heavy atom. The van der Waals surface area contributed by atoms with Crippen molar-refractivity contribution in [2.45, 2.75) is 13.0 Å². The van der Waals surface area contributed by atoms with E-state index in [1.54, 1.807) is 0 Å². The first-order valence-electron chi connectivity index (χ1n) is 3.20. The standard InChI is InChI=1S/C6H12NP/c1-6(4-8)3-7-2-5(6)7/h5H,2-4,8H2,1H3/t5-,6-,7?/m0/s1. The van der Waals surface area contributed by atoms with Crippen LogP contribution in [0.25, 0.3) is 0 Å². The highest BCUT2D eigenvalue weighted by molar-refractivity contribution is 7.16. The van der Waals surface area contributed by atoms with Crippen LogP contribution in [0.5, 0.6) is 0 Å². The smallest absolute Gasteiger partial charge is 0.0293 e. The maximum Gasteiger partial charge on any atom is 0.0293 e. The van der Waals surface area contributed by atoms with E-state index in [1.165, 1.54) is 19.3 Å². The van der Waals surface area contributed by atoms with Crippen LogP contribution in [0.2, 0.25) is 0 Å². The van der Waals surface area contributed by atoms with Crippen LogP contribution >= 0.6 is 9.24 Å². The average Bonchev–Trinajstić information content (AvgIpc) is 2.40. The van der Waals surface area contributed by atoms with Gasteiger partial charge in [-0.3, -0.25) is 4.90 Å². The second-order valence-electron chi connectivity index (χ2n) is 3.30. The highest BCUT2D eigenvalue weighted by Crippen LogP contribution is 2.48. The molecular formula is C6H12NP. The highest BCUT2D eigenvalue weighted by Gasteiger charge is 2.58. The summed E-state index contributed by atoms with van der Waals surface area (Å²) in [6, 6.07) is 0.972. The van der Waals surface area contributed by atoms with Crippen LogP contribution in [0.3, 0.4) is 0 Å². The topological polar surface area (TPSA) is 3.01 Å². The summed E-state index contributed by atoms with van der Waals surface area (Å²) in [6.07, 6.45) is 1.29. The molecule has 0 aromatic carbocycles. The molecule has 2 aliphatic heterocycles. The maximum atomic E-state index is 2.84. The second kappa shape index (κ2) is 1.27. The molecule has 0 spiro atoms. The lowest BCUT2D eigenvalue weighted by molar-refractivity contribution is 0.158. The molecule has 0 saturated carbocycles. The number of rotatable bonds is 1. The predicted octanol–water partition coefficient (Wildman–Crippen LogP) is 0.566. The third kappa shape index (κ3) is 0.447. The van der Waals surface area contributed by atoms with Gasteiger partial charge in [-0.15, -0.1) is 9.24 Å². The number of hydrogen-bond donors (Lipinski definition) is 0. The van der Waals surface area contributed by atoms with E-state index >= 15 is 0 Å². The molecule has 2 saturated heterocycles. The minimum Gasteiger partial charge on any atom is -0.296 e. The number of hydrogen-bond acceptors (Lipinski definition) is 1. The minimum absolute atomic E-state index is 0.685. The first kappa shape index (κ1) is 5.20. The molecule has 0 aliphatic carbocycles. The third-order valence-corrected chi connectivity index (χ3v) is 3.48. The lowest BCUT2D eigenvalue weighted by atomic mass is 9.84. The molecule has 2 unspecified atom stereocenters. The molecule has 4 atom stereocenters. The first-order valence-corrected chi connectivity index (χ1v) is 4.02. The molecule has 2 heterocycles. The first-order chi connectivity index (χ1) is 3.76. The van der Waals surface area contributed by atoms with Crippen molar-refractivity contribution in [3.05, 3.63) is 0 Å². The van der Waals surface area contributed by atoms with Crippen molar-refractivity contribution in [2.75, 3.05) is 19.3 Å². The van der Waals surface area contributed by atoms with E-state index in [4.69, 9.17) is 0 Å². The van der Waals surface area contributed by atoms with Gasteiger partial charge in [-0.2, -0.15) is 0 Å². The fourth-order valence-corrected chi connectivity index (χ4v) is 2.07. The van der Waals surface area contributed by atoms with Gasteiger partial charge in [-0.1, -0.05) is 6.92 Å². The molecule has 1 nitrogen and oxygen atoms in total. The minimum atomic E-state index is 0.685. The van der Waals surface area contributed by atoms with E-state index in [0.29, 0.717) is 5.41 Å². The van der Waals surface area contributed by atoms with Crippen LogP contribution in [0.4, 0.5) is 0 Å². The van der Waals surface area contributed by atoms with Crippen molar-refractivity contribution in [3.8, 4) is 0 Å². The van der Waals surface area contributed by atoms with Gasteiger partial charge in [-0.05, 0) is 6.16 Å². The summed E-state index contributed by atoms with van der Waals surface area (Å²) in [7, 11) is 2.84.